The molecule has 2 heterocycles. The molecule has 6 rings (SSSR count). The molecule has 0 unspecified atom stereocenters. The molecular formula is C32H26N2S. The fourth-order valence-electron chi connectivity index (χ4n) is 4.97. The average molecular weight is 471 g/mol. The van der Waals surface area contributed by atoms with Crippen LogP contribution in [0.15, 0.2) is 97.1 Å². The molecule has 6 aromatic rings. The van der Waals surface area contributed by atoms with Gasteiger partial charge in [0.15, 0.2) is 5.82 Å². The van der Waals surface area contributed by atoms with Gasteiger partial charge in [-0.2, -0.15) is 0 Å². The van der Waals surface area contributed by atoms with E-state index in [9.17, 15) is 0 Å². The van der Waals surface area contributed by atoms with Crippen molar-refractivity contribution in [2.75, 3.05) is 0 Å². The van der Waals surface area contributed by atoms with Crippen molar-refractivity contribution in [2.45, 2.75) is 26.7 Å². The molecular weight excluding hydrogens is 444 g/mol. The number of hydrogen-bond donors (Lipinski definition) is 0. The summed E-state index contributed by atoms with van der Waals surface area (Å²) in [5, 5.41) is 2.60. The Morgan fingerprint density at radius 2 is 1.26 bits per heavy atom. The first-order chi connectivity index (χ1) is 17.3. The highest BCUT2D eigenvalue weighted by Crippen LogP contribution is 2.42. The van der Waals surface area contributed by atoms with Crippen LogP contribution in [0.3, 0.4) is 0 Å². The van der Waals surface area contributed by atoms with Gasteiger partial charge < -0.3 is 0 Å². The van der Waals surface area contributed by atoms with Gasteiger partial charge in [-0.15, -0.1) is 11.3 Å². The van der Waals surface area contributed by atoms with Gasteiger partial charge in [-0.1, -0.05) is 105 Å². The lowest BCUT2D eigenvalue weighted by molar-refractivity contribution is 1.05. The molecule has 0 atom stereocenters. The number of aryl methyl sites for hydroxylation is 1. The Labute approximate surface area is 210 Å². The Hall–Kier alpha value is -3.82. The van der Waals surface area contributed by atoms with Crippen molar-refractivity contribution in [3.05, 3.63) is 108 Å². The van der Waals surface area contributed by atoms with Crippen LogP contribution in [-0.4, -0.2) is 9.97 Å². The molecule has 0 spiro atoms. The van der Waals surface area contributed by atoms with Gasteiger partial charge in [0, 0.05) is 42.4 Å². The number of rotatable bonds is 5. The molecule has 0 aliphatic heterocycles. The fourth-order valence-corrected chi connectivity index (χ4v) is 6.19. The van der Waals surface area contributed by atoms with Gasteiger partial charge in [-0.05, 0) is 24.5 Å². The molecule has 0 bridgehead atoms. The first-order valence-electron chi connectivity index (χ1n) is 12.2. The quantitative estimate of drug-likeness (QED) is 0.251. The lowest BCUT2D eigenvalue weighted by atomic mass is 9.94. The molecule has 0 saturated heterocycles. The normalized spacial score (nSPS) is 11.4. The molecule has 35 heavy (non-hydrogen) atoms. The maximum atomic E-state index is 5.24. The van der Waals surface area contributed by atoms with E-state index in [-0.39, 0.29) is 0 Å². The molecule has 170 valence electrons. The highest BCUT2D eigenvalue weighted by molar-refractivity contribution is 7.26. The molecule has 0 amide bonds. The number of fused-ring (bicyclic) bond motifs is 3. The van der Waals surface area contributed by atoms with Crippen molar-refractivity contribution in [1.29, 1.82) is 0 Å². The van der Waals surface area contributed by atoms with Crippen LogP contribution >= 0.6 is 11.3 Å². The molecule has 0 fully saturated rings. The van der Waals surface area contributed by atoms with Gasteiger partial charge >= 0.3 is 0 Å². The smallest absolute Gasteiger partial charge is 0.160 e. The summed E-state index contributed by atoms with van der Waals surface area (Å²) in [7, 11) is 0. The summed E-state index contributed by atoms with van der Waals surface area (Å²) in [5.74, 6) is 0.775. The molecule has 4 aromatic carbocycles. The van der Waals surface area contributed by atoms with E-state index in [4.69, 9.17) is 9.97 Å². The molecule has 0 aliphatic rings. The van der Waals surface area contributed by atoms with Crippen LogP contribution in [0.4, 0.5) is 0 Å². The van der Waals surface area contributed by atoms with Crippen molar-refractivity contribution >= 4 is 31.5 Å². The third-order valence-corrected chi connectivity index (χ3v) is 7.93. The number of hydrogen-bond acceptors (Lipinski definition) is 3. The van der Waals surface area contributed by atoms with Gasteiger partial charge in [-0.25, -0.2) is 9.97 Å². The van der Waals surface area contributed by atoms with E-state index in [1.165, 1.54) is 42.4 Å². The molecule has 3 heteroatoms. The second kappa shape index (κ2) is 9.09. The van der Waals surface area contributed by atoms with Gasteiger partial charge in [0.25, 0.3) is 0 Å². The number of benzene rings is 4. The summed E-state index contributed by atoms with van der Waals surface area (Å²) in [6.07, 6.45) is 1.82. The van der Waals surface area contributed by atoms with E-state index in [2.05, 4.69) is 105 Å². The zero-order valence-electron chi connectivity index (χ0n) is 20.0. The van der Waals surface area contributed by atoms with Crippen LogP contribution in [0.5, 0.6) is 0 Å². The molecule has 0 aliphatic carbocycles. The monoisotopic (exact) mass is 470 g/mol. The minimum atomic E-state index is 0.775. The van der Waals surface area contributed by atoms with Gasteiger partial charge in [0.1, 0.15) is 0 Å². The second-order valence-corrected chi connectivity index (χ2v) is 9.79. The lowest BCUT2D eigenvalue weighted by Gasteiger charge is -2.17. The Balaban J connectivity index is 1.71. The van der Waals surface area contributed by atoms with E-state index in [0.29, 0.717) is 0 Å². The van der Waals surface area contributed by atoms with Gasteiger partial charge in [0.2, 0.25) is 0 Å². The summed E-state index contributed by atoms with van der Waals surface area (Å²) in [6.45, 7) is 4.43. The van der Waals surface area contributed by atoms with Crippen LogP contribution in [0, 0.1) is 0 Å². The molecule has 0 radical (unpaired) electrons. The Morgan fingerprint density at radius 3 is 2.06 bits per heavy atom. The minimum absolute atomic E-state index is 0.775. The van der Waals surface area contributed by atoms with E-state index >= 15 is 0 Å². The molecule has 2 aromatic heterocycles. The zero-order chi connectivity index (χ0) is 23.8. The van der Waals surface area contributed by atoms with Crippen molar-refractivity contribution in [3.63, 3.8) is 0 Å². The molecule has 0 saturated carbocycles. The largest absolute Gasteiger partial charge is 0.228 e. The molecule has 0 N–H and O–H groups in total. The summed E-state index contributed by atoms with van der Waals surface area (Å²) in [6, 6.07) is 34.3. The predicted octanol–water partition coefficient (Wildman–Crippen LogP) is 8.97. The van der Waals surface area contributed by atoms with E-state index in [1.807, 2.05) is 17.4 Å². The van der Waals surface area contributed by atoms with E-state index in [0.717, 1.165) is 35.6 Å². The highest BCUT2D eigenvalue weighted by Gasteiger charge is 2.21. The topological polar surface area (TPSA) is 25.8 Å². The van der Waals surface area contributed by atoms with Crippen molar-refractivity contribution in [1.82, 2.24) is 9.97 Å². The summed E-state index contributed by atoms with van der Waals surface area (Å²) in [5.41, 5.74) is 8.04. The zero-order valence-corrected chi connectivity index (χ0v) is 20.8. The van der Waals surface area contributed by atoms with E-state index < -0.39 is 0 Å². The summed E-state index contributed by atoms with van der Waals surface area (Å²) < 4.78 is 2.60. The standard InChI is InChI=1S/C32H26N2S/c1-3-21-13-8-9-16-24(21)29-23(4-2)30(34-32(33-29)22-14-6-5-7-15-22)27-19-12-18-26-25-17-10-11-20-28(25)35-31(26)27/h5-20H,3-4H2,1-2H3. The van der Waals surface area contributed by atoms with Crippen molar-refractivity contribution < 1.29 is 0 Å². The highest BCUT2D eigenvalue weighted by atomic mass is 32.1. The average Bonchev–Trinajstić information content (AvgIpc) is 3.31. The Bertz CT molecular complexity index is 1660. The van der Waals surface area contributed by atoms with Crippen LogP contribution in [0.25, 0.3) is 54.1 Å². The first-order valence-corrected chi connectivity index (χ1v) is 13.0. The number of aromatic nitrogens is 2. The summed E-state index contributed by atoms with van der Waals surface area (Å²) in [4.78, 5) is 10.4. The third-order valence-electron chi connectivity index (χ3n) is 6.71. The van der Waals surface area contributed by atoms with Crippen LogP contribution < -0.4 is 0 Å². The van der Waals surface area contributed by atoms with Crippen molar-refractivity contribution in [3.8, 4) is 33.9 Å². The van der Waals surface area contributed by atoms with Crippen molar-refractivity contribution in [2.24, 2.45) is 0 Å². The van der Waals surface area contributed by atoms with Crippen LogP contribution in [-0.2, 0) is 12.8 Å². The number of nitrogens with zero attached hydrogens (tertiary/aromatic N) is 2. The lowest BCUT2D eigenvalue weighted by Crippen LogP contribution is -2.04. The maximum absolute atomic E-state index is 5.24. The second-order valence-electron chi connectivity index (χ2n) is 8.73. The third kappa shape index (κ3) is 3.73. The first kappa shape index (κ1) is 21.7. The number of thiophene rings is 1. The maximum Gasteiger partial charge on any atom is 0.160 e. The fraction of sp³-hybridized carbons (Fsp3) is 0.125. The Kier molecular flexibility index (Phi) is 5.63. The van der Waals surface area contributed by atoms with E-state index in [1.54, 1.807) is 0 Å². The predicted molar refractivity (Wildman–Crippen MR) is 150 cm³/mol. The minimum Gasteiger partial charge on any atom is -0.228 e. The van der Waals surface area contributed by atoms with Crippen LogP contribution in [0.1, 0.15) is 25.0 Å². The summed E-state index contributed by atoms with van der Waals surface area (Å²) >= 11 is 1.85. The molecule has 2 nitrogen and oxygen atoms in total. The van der Waals surface area contributed by atoms with Gasteiger partial charge in [0.05, 0.1) is 11.4 Å². The Morgan fingerprint density at radius 1 is 0.600 bits per heavy atom. The van der Waals surface area contributed by atoms with Gasteiger partial charge in [-0.3, -0.25) is 0 Å². The SMILES string of the molecule is CCc1ccccc1-c1nc(-c2ccccc2)nc(-c2cccc3c2sc2ccccc23)c1CC. The van der Waals surface area contributed by atoms with Crippen LogP contribution in [0.2, 0.25) is 0 Å².